The number of aryl methyl sites for hydroxylation is 1. The Kier molecular flexibility index (Phi) is 3.83. The average molecular weight is 344 g/mol. The number of fused-ring (bicyclic) bond motifs is 2. The van der Waals surface area contributed by atoms with Crippen molar-refractivity contribution in [1.29, 1.82) is 0 Å². The third-order valence-electron chi connectivity index (χ3n) is 4.50. The van der Waals surface area contributed by atoms with Crippen LogP contribution in [0.25, 0.3) is 0 Å². The van der Waals surface area contributed by atoms with E-state index in [2.05, 4.69) is 0 Å². The van der Waals surface area contributed by atoms with Crippen molar-refractivity contribution in [2.75, 3.05) is 18.1 Å². The standard InChI is InChI=1S/C19H18ClNO3/c1-13-6-8-14(9-7-13)12-21-17-15(4-2-5-16(17)20)19(18(21)22)23-10-3-11-24-19/h2,4-9H,3,10-12H2,1H3. The van der Waals surface area contributed by atoms with E-state index < -0.39 is 5.79 Å². The fraction of sp³-hybridized carbons (Fsp3) is 0.316. The normalized spacial score (nSPS) is 18.9. The van der Waals surface area contributed by atoms with Crippen molar-refractivity contribution in [2.45, 2.75) is 25.7 Å². The van der Waals surface area contributed by atoms with Crippen molar-refractivity contribution >= 4 is 23.2 Å². The van der Waals surface area contributed by atoms with Crippen molar-refractivity contribution in [2.24, 2.45) is 0 Å². The van der Waals surface area contributed by atoms with Crippen LogP contribution < -0.4 is 4.90 Å². The van der Waals surface area contributed by atoms with Gasteiger partial charge in [-0.2, -0.15) is 0 Å². The number of anilines is 1. The first-order valence-corrected chi connectivity index (χ1v) is 8.44. The second-order valence-corrected chi connectivity index (χ2v) is 6.59. The van der Waals surface area contributed by atoms with Gasteiger partial charge in [0.1, 0.15) is 0 Å². The Labute approximate surface area is 145 Å². The van der Waals surface area contributed by atoms with Gasteiger partial charge < -0.3 is 14.4 Å². The lowest BCUT2D eigenvalue weighted by molar-refractivity contribution is -0.256. The molecule has 0 saturated carbocycles. The lowest BCUT2D eigenvalue weighted by Crippen LogP contribution is -2.47. The predicted molar refractivity (Wildman–Crippen MR) is 92.0 cm³/mol. The highest BCUT2D eigenvalue weighted by atomic mass is 35.5. The van der Waals surface area contributed by atoms with Gasteiger partial charge in [-0.05, 0) is 25.0 Å². The minimum Gasteiger partial charge on any atom is -0.338 e. The molecule has 4 nitrogen and oxygen atoms in total. The van der Waals surface area contributed by atoms with E-state index in [-0.39, 0.29) is 5.91 Å². The van der Waals surface area contributed by atoms with E-state index >= 15 is 0 Å². The Morgan fingerprint density at radius 3 is 2.54 bits per heavy atom. The largest absolute Gasteiger partial charge is 0.338 e. The quantitative estimate of drug-likeness (QED) is 0.832. The summed E-state index contributed by atoms with van der Waals surface area (Å²) in [5.74, 6) is -1.55. The number of nitrogens with zero attached hydrogens (tertiary/aromatic N) is 1. The second-order valence-electron chi connectivity index (χ2n) is 6.18. The summed E-state index contributed by atoms with van der Waals surface area (Å²) in [7, 11) is 0. The number of hydrogen-bond acceptors (Lipinski definition) is 3. The Balaban J connectivity index is 1.78. The molecule has 0 N–H and O–H groups in total. The maximum absolute atomic E-state index is 13.2. The molecule has 124 valence electrons. The van der Waals surface area contributed by atoms with Crippen LogP contribution in [-0.4, -0.2) is 19.1 Å². The van der Waals surface area contributed by atoms with Crippen molar-refractivity contribution in [3.05, 3.63) is 64.2 Å². The van der Waals surface area contributed by atoms with Gasteiger partial charge in [0.2, 0.25) is 0 Å². The van der Waals surface area contributed by atoms with E-state index in [0.717, 1.165) is 12.0 Å². The molecule has 5 heteroatoms. The number of amides is 1. The predicted octanol–water partition coefficient (Wildman–Crippen LogP) is 3.78. The first-order valence-electron chi connectivity index (χ1n) is 8.06. The highest BCUT2D eigenvalue weighted by Crippen LogP contribution is 2.48. The smallest absolute Gasteiger partial charge is 0.292 e. The monoisotopic (exact) mass is 343 g/mol. The minimum absolute atomic E-state index is 0.203. The van der Waals surface area contributed by atoms with Gasteiger partial charge in [-0.15, -0.1) is 0 Å². The fourth-order valence-corrected chi connectivity index (χ4v) is 3.56. The molecule has 0 unspecified atom stereocenters. The van der Waals surface area contributed by atoms with Crippen molar-refractivity contribution in [1.82, 2.24) is 0 Å². The summed E-state index contributed by atoms with van der Waals surface area (Å²) < 4.78 is 11.7. The van der Waals surface area contributed by atoms with E-state index in [1.807, 2.05) is 43.3 Å². The van der Waals surface area contributed by atoms with Crippen molar-refractivity contribution in [3.63, 3.8) is 0 Å². The van der Waals surface area contributed by atoms with Gasteiger partial charge in [-0.1, -0.05) is 53.6 Å². The maximum atomic E-state index is 13.2. The number of hydrogen-bond donors (Lipinski definition) is 0. The molecule has 2 heterocycles. The van der Waals surface area contributed by atoms with E-state index in [4.69, 9.17) is 21.1 Å². The van der Waals surface area contributed by atoms with Crippen molar-refractivity contribution in [3.8, 4) is 0 Å². The van der Waals surface area contributed by atoms with Gasteiger partial charge in [-0.25, -0.2) is 0 Å². The molecule has 1 saturated heterocycles. The number of carbonyl (C=O) groups is 1. The average Bonchev–Trinajstić information content (AvgIpc) is 2.82. The summed E-state index contributed by atoms with van der Waals surface area (Å²) in [6.07, 6.45) is 0.781. The molecule has 0 aliphatic carbocycles. The van der Waals surface area contributed by atoms with Gasteiger partial charge in [0.25, 0.3) is 11.7 Å². The molecule has 0 radical (unpaired) electrons. The molecular formula is C19H18ClNO3. The lowest BCUT2D eigenvalue weighted by atomic mass is 10.1. The number of halogens is 1. The molecule has 2 aliphatic rings. The second kappa shape index (κ2) is 5.88. The van der Waals surface area contributed by atoms with Gasteiger partial charge in [-0.3, -0.25) is 4.79 Å². The molecule has 1 spiro atoms. The summed E-state index contributed by atoms with van der Waals surface area (Å²) in [5.41, 5.74) is 3.60. The molecule has 1 amide bonds. The zero-order valence-electron chi connectivity index (χ0n) is 13.4. The third-order valence-corrected chi connectivity index (χ3v) is 4.80. The summed E-state index contributed by atoms with van der Waals surface area (Å²) in [5, 5.41) is 0.530. The first-order chi connectivity index (χ1) is 11.6. The van der Waals surface area contributed by atoms with E-state index in [1.165, 1.54) is 5.56 Å². The van der Waals surface area contributed by atoms with Gasteiger partial charge in [0.15, 0.2) is 0 Å². The highest BCUT2D eigenvalue weighted by molar-refractivity contribution is 6.34. The van der Waals surface area contributed by atoms with Crippen LogP contribution in [0.4, 0.5) is 5.69 Å². The molecule has 24 heavy (non-hydrogen) atoms. The Bertz CT molecular complexity index is 782. The molecule has 1 fully saturated rings. The van der Waals surface area contributed by atoms with Crippen LogP contribution in [0.2, 0.25) is 5.02 Å². The summed E-state index contributed by atoms with van der Waals surface area (Å²) in [6, 6.07) is 13.6. The molecule has 0 aromatic heterocycles. The van der Waals surface area contributed by atoms with Crippen molar-refractivity contribution < 1.29 is 14.3 Å². The van der Waals surface area contributed by atoms with Gasteiger partial charge in [0, 0.05) is 5.56 Å². The zero-order valence-corrected chi connectivity index (χ0v) is 14.2. The first kappa shape index (κ1) is 15.6. The van der Waals surface area contributed by atoms with Crippen LogP contribution in [0, 0.1) is 6.92 Å². The lowest BCUT2D eigenvalue weighted by Gasteiger charge is -2.32. The minimum atomic E-state index is -1.34. The molecule has 2 aliphatic heterocycles. The molecule has 4 rings (SSSR count). The van der Waals surface area contributed by atoms with Crippen LogP contribution in [0.3, 0.4) is 0 Å². The van der Waals surface area contributed by atoms with Crippen LogP contribution in [0.5, 0.6) is 0 Å². The van der Waals surface area contributed by atoms with Crippen LogP contribution in [0.15, 0.2) is 42.5 Å². The number of ether oxygens (including phenoxy) is 2. The number of benzene rings is 2. The maximum Gasteiger partial charge on any atom is 0.292 e. The third kappa shape index (κ3) is 2.34. The van der Waals surface area contributed by atoms with E-state index in [0.29, 0.717) is 36.0 Å². The number of rotatable bonds is 2. The Hall–Kier alpha value is -1.88. The Morgan fingerprint density at radius 2 is 1.83 bits per heavy atom. The van der Waals surface area contributed by atoms with Crippen LogP contribution in [0.1, 0.15) is 23.1 Å². The summed E-state index contributed by atoms with van der Waals surface area (Å²) >= 11 is 6.42. The highest BCUT2D eigenvalue weighted by Gasteiger charge is 2.55. The Morgan fingerprint density at radius 1 is 1.12 bits per heavy atom. The molecule has 2 aromatic rings. The van der Waals surface area contributed by atoms with Crippen LogP contribution >= 0.6 is 11.6 Å². The number of carbonyl (C=O) groups excluding carboxylic acids is 1. The topological polar surface area (TPSA) is 38.8 Å². The summed E-state index contributed by atoms with van der Waals surface area (Å²) in [6.45, 7) is 3.46. The van der Waals surface area contributed by atoms with E-state index in [1.54, 1.807) is 11.0 Å². The molecule has 0 atom stereocenters. The van der Waals surface area contributed by atoms with E-state index in [9.17, 15) is 4.79 Å². The number of para-hydroxylation sites is 1. The molecule has 2 aromatic carbocycles. The van der Waals surface area contributed by atoms with Gasteiger partial charge in [0.05, 0.1) is 30.5 Å². The van der Waals surface area contributed by atoms with Crippen LogP contribution in [-0.2, 0) is 26.6 Å². The van der Waals surface area contributed by atoms with Gasteiger partial charge >= 0.3 is 0 Å². The zero-order chi connectivity index (χ0) is 16.7. The summed E-state index contributed by atoms with van der Waals surface area (Å²) in [4.78, 5) is 14.9. The fourth-order valence-electron chi connectivity index (χ4n) is 3.29. The molecule has 0 bridgehead atoms. The molecular weight excluding hydrogens is 326 g/mol. The SMILES string of the molecule is Cc1ccc(CN2C(=O)C3(OCCCO3)c3cccc(Cl)c32)cc1.